The third-order valence-electron chi connectivity index (χ3n) is 3.81. The third kappa shape index (κ3) is 3.29. The summed E-state index contributed by atoms with van der Waals surface area (Å²) >= 11 is 5.98. The van der Waals surface area contributed by atoms with E-state index < -0.39 is 5.97 Å². The minimum absolute atomic E-state index is 0.0551. The van der Waals surface area contributed by atoms with Gasteiger partial charge in [-0.2, -0.15) is 4.68 Å². The van der Waals surface area contributed by atoms with Crippen molar-refractivity contribution in [1.82, 2.24) is 20.2 Å². The highest BCUT2D eigenvalue weighted by molar-refractivity contribution is 6.30. The fourth-order valence-electron chi connectivity index (χ4n) is 2.55. The summed E-state index contributed by atoms with van der Waals surface area (Å²) in [4.78, 5) is 12.4. The molecule has 1 aliphatic rings. The molecule has 0 saturated carbocycles. The van der Waals surface area contributed by atoms with Crippen molar-refractivity contribution in [2.45, 2.75) is 6.61 Å². The number of tetrazole rings is 1. The molecular weight excluding hydrogens is 356 g/mol. The summed E-state index contributed by atoms with van der Waals surface area (Å²) in [5, 5.41) is 12.1. The highest BCUT2D eigenvalue weighted by Crippen LogP contribution is 2.29. The number of hydrogen-bond acceptors (Lipinski definition) is 6. The SMILES string of the molecule is O=C(OCc1nnnn1-c1ccccc1)C1=Cc2cc(Cl)ccc2OC1. The van der Waals surface area contributed by atoms with E-state index in [9.17, 15) is 4.79 Å². The summed E-state index contributed by atoms with van der Waals surface area (Å²) < 4.78 is 12.4. The molecule has 8 heteroatoms. The lowest BCUT2D eigenvalue weighted by Crippen LogP contribution is -2.18. The van der Waals surface area contributed by atoms with Gasteiger partial charge in [0.2, 0.25) is 0 Å². The number of para-hydroxylation sites is 1. The number of hydrogen-bond donors (Lipinski definition) is 0. The zero-order chi connectivity index (χ0) is 17.9. The predicted octanol–water partition coefficient (Wildman–Crippen LogP) is 2.83. The minimum Gasteiger partial charge on any atom is -0.488 e. The van der Waals surface area contributed by atoms with E-state index in [1.165, 1.54) is 4.68 Å². The van der Waals surface area contributed by atoms with Crippen LogP contribution in [0.2, 0.25) is 5.02 Å². The average molecular weight is 369 g/mol. The summed E-state index contributed by atoms with van der Waals surface area (Å²) in [6, 6.07) is 14.6. The summed E-state index contributed by atoms with van der Waals surface area (Å²) in [7, 11) is 0. The molecule has 3 aromatic rings. The van der Waals surface area contributed by atoms with Gasteiger partial charge in [-0.3, -0.25) is 0 Å². The summed E-state index contributed by atoms with van der Waals surface area (Å²) in [6.07, 6.45) is 1.72. The van der Waals surface area contributed by atoms with Gasteiger partial charge in [0.1, 0.15) is 12.4 Å². The number of benzene rings is 2. The first kappa shape index (κ1) is 16.3. The maximum atomic E-state index is 12.4. The zero-order valence-corrected chi connectivity index (χ0v) is 14.3. The smallest absolute Gasteiger partial charge is 0.337 e. The lowest BCUT2D eigenvalue weighted by molar-refractivity contribution is -0.140. The standard InChI is InChI=1S/C18H13ClN4O3/c19-14-6-7-16-12(9-14)8-13(10-25-16)18(24)26-11-17-20-21-22-23(17)15-4-2-1-3-5-15/h1-9H,10-11H2. The number of carbonyl (C=O) groups excluding carboxylic acids is 1. The molecule has 0 atom stereocenters. The van der Waals surface area contributed by atoms with Crippen LogP contribution in [0.4, 0.5) is 0 Å². The van der Waals surface area contributed by atoms with Crippen molar-refractivity contribution in [3.63, 3.8) is 0 Å². The molecule has 0 unspecified atom stereocenters. The van der Waals surface area contributed by atoms with Gasteiger partial charge in [0.05, 0.1) is 11.3 Å². The first-order valence-electron chi connectivity index (χ1n) is 7.83. The largest absolute Gasteiger partial charge is 0.488 e. The van der Waals surface area contributed by atoms with Crippen LogP contribution in [0.3, 0.4) is 0 Å². The molecule has 2 aromatic carbocycles. The Balaban J connectivity index is 1.48. The predicted molar refractivity (Wildman–Crippen MR) is 93.9 cm³/mol. The second kappa shape index (κ2) is 6.97. The van der Waals surface area contributed by atoms with Crippen LogP contribution >= 0.6 is 11.6 Å². The van der Waals surface area contributed by atoms with Gasteiger partial charge in [-0.15, -0.1) is 5.10 Å². The normalized spacial score (nSPS) is 12.7. The van der Waals surface area contributed by atoms with Crippen molar-refractivity contribution < 1.29 is 14.3 Å². The Kier molecular flexibility index (Phi) is 4.37. The molecule has 130 valence electrons. The van der Waals surface area contributed by atoms with Crippen molar-refractivity contribution in [2.75, 3.05) is 6.61 Å². The van der Waals surface area contributed by atoms with E-state index in [1.54, 1.807) is 24.3 Å². The van der Waals surface area contributed by atoms with Crippen molar-refractivity contribution in [1.29, 1.82) is 0 Å². The van der Waals surface area contributed by atoms with E-state index >= 15 is 0 Å². The molecular formula is C18H13ClN4O3. The number of carbonyl (C=O) groups is 1. The minimum atomic E-state index is -0.488. The van der Waals surface area contributed by atoms with Crippen LogP contribution in [-0.2, 0) is 16.1 Å². The van der Waals surface area contributed by atoms with E-state index in [0.29, 0.717) is 22.2 Å². The average Bonchev–Trinajstić information content (AvgIpc) is 3.15. The lowest BCUT2D eigenvalue weighted by Gasteiger charge is -2.17. The molecule has 2 heterocycles. The number of aromatic nitrogens is 4. The van der Waals surface area contributed by atoms with Crippen LogP contribution in [0.25, 0.3) is 11.8 Å². The number of fused-ring (bicyclic) bond motifs is 1. The molecule has 0 N–H and O–H groups in total. The Morgan fingerprint density at radius 1 is 1.23 bits per heavy atom. The molecule has 0 radical (unpaired) electrons. The number of esters is 1. The first-order chi connectivity index (χ1) is 12.7. The number of nitrogens with zero attached hydrogens (tertiary/aromatic N) is 4. The van der Waals surface area contributed by atoms with Gasteiger partial charge in [-0.05, 0) is 46.8 Å². The van der Waals surface area contributed by atoms with E-state index in [1.807, 2.05) is 30.3 Å². The molecule has 4 rings (SSSR count). The van der Waals surface area contributed by atoms with Crippen LogP contribution in [-0.4, -0.2) is 32.8 Å². The van der Waals surface area contributed by atoms with Crippen molar-refractivity contribution in [3.8, 4) is 11.4 Å². The second-order valence-corrected chi connectivity index (χ2v) is 6.00. The monoisotopic (exact) mass is 368 g/mol. The highest BCUT2D eigenvalue weighted by atomic mass is 35.5. The van der Waals surface area contributed by atoms with E-state index in [4.69, 9.17) is 21.1 Å². The molecule has 0 amide bonds. The molecule has 0 aliphatic carbocycles. The maximum Gasteiger partial charge on any atom is 0.337 e. The molecule has 26 heavy (non-hydrogen) atoms. The summed E-state index contributed by atoms with van der Waals surface area (Å²) in [6.45, 7) is 0.0809. The quantitative estimate of drug-likeness (QED) is 0.659. The Morgan fingerprint density at radius 2 is 2.08 bits per heavy atom. The highest BCUT2D eigenvalue weighted by Gasteiger charge is 2.20. The lowest BCUT2D eigenvalue weighted by atomic mass is 10.1. The molecule has 1 aliphatic heterocycles. The van der Waals surface area contributed by atoms with Crippen LogP contribution < -0.4 is 4.74 Å². The number of rotatable bonds is 4. The molecule has 7 nitrogen and oxygen atoms in total. The Morgan fingerprint density at radius 3 is 2.92 bits per heavy atom. The van der Waals surface area contributed by atoms with Gasteiger partial charge in [0.15, 0.2) is 12.4 Å². The fraction of sp³-hybridized carbons (Fsp3) is 0.111. The van der Waals surface area contributed by atoms with E-state index in [2.05, 4.69) is 15.5 Å². The van der Waals surface area contributed by atoms with Crippen molar-refractivity contribution >= 4 is 23.6 Å². The topological polar surface area (TPSA) is 79.1 Å². The second-order valence-electron chi connectivity index (χ2n) is 5.56. The van der Waals surface area contributed by atoms with Gasteiger partial charge in [0, 0.05) is 10.6 Å². The van der Waals surface area contributed by atoms with Crippen LogP contribution in [0.1, 0.15) is 11.4 Å². The van der Waals surface area contributed by atoms with Gasteiger partial charge >= 0.3 is 5.97 Å². The third-order valence-corrected chi connectivity index (χ3v) is 4.05. The molecule has 1 aromatic heterocycles. The fourth-order valence-corrected chi connectivity index (χ4v) is 2.74. The van der Waals surface area contributed by atoms with Gasteiger partial charge in [-0.25, -0.2) is 4.79 Å². The Hall–Kier alpha value is -3.19. The Bertz CT molecular complexity index is 985. The van der Waals surface area contributed by atoms with Gasteiger partial charge < -0.3 is 9.47 Å². The van der Waals surface area contributed by atoms with Gasteiger partial charge in [-0.1, -0.05) is 29.8 Å². The zero-order valence-electron chi connectivity index (χ0n) is 13.5. The summed E-state index contributed by atoms with van der Waals surface area (Å²) in [5.74, 6) is 0.613. The molecule has 0 saturated heterocycles. The maximum absolute atomic E-state index is 12.4. The Labute approximate surface area is 153 Å². The van der Waals surface area contributed by atoms with Crippen LogP contribution in [0.15, 0.2) is 54.1 Å². The summed E-state index contributed by atoms with van der Waals surface area (Å²) in [5.41, 5.74) is 1.93. The van der Waals surface area contributed by atoms with Crippen molar-refractivity contribution in [3.05, 3.63) is 70.5 Å². The van der Waals surface area contributed by atoms with E-state index in [0.717, 1.165) is 11.3 Å². The molecule has 0 bridgehead atoms. The van der Waals surface area contributed by atoms with Crippen molar-refractivity contribution in [2.24, 2.45) is 0 Å². The molecule has 0 fully saturated rings. The first-order valence-corrected chi connectivity index (χ1v) is 8.21. The van der Waals surface area contributed by atoms with Crippen LogP contribution in [0, 0.1) is 0 Å². The van der Waals surface area contributed by atoms with E-state index in [-0.39, 0.29) is 13.2 Å². The van der Waals surface area contributed by atoms with Crippen LogP contribution in [0.5, 0.6) is 5.75 Å². The molecule has 0 spiro atoms. The number of halogens is 1. The number of ether oxygens (including phenoxy) is 2. The van der Waals surface area contributed by atoms with Gasteiger partial charge in [0.25, 0.3) is 0 Å².